The topological polar surface area (TPSA) is 68.3 Å². The number of nitrogens with zero attached hydrogens (tertiary/aromatic N) is 2. The number of hydrogen-bond donors (Lipinski definition) is 2. The minimum absolute atomic E-state index is 0.522. The zero-order valence-electron chi connectivity index (χ0n) is 17.7. The lowest BCUT2D eigenvalue weighted by Gasteiger charge is -2.14. The van der Waals surface area contributed by atoms with Gasteiger partial charge in [-0.1, -0.05) is 17.7 Å². The fourth-order valence-corrected chi connectivity index (χ4v) is 3.22. The highest BCUT2D eigenvalue weighted by molar-refractivity contribution is 5.64. The fraction of sp³-hybridized carbons (Fsp3) is 0.304. The number of hydrogen-bond acceptors (Lipinski definition) is 6. The molecule has 1 heterocycles. The molecule has 0 saturated carbocycles. The molecular formula is C23H28N4O2. The van der Waals surface area contributed by atoms with E-state index in [-0.39, 0.29) is 0 Å². The molecule has 0 radical (unpaired) electrons. The molecule has 0 aliphatic rings. The van der Waals surface area contributed by atoms with Crippen LogP contribution in [0.4, 0.5) is 17.5 Å². The highest BCUT2D eigenvalue weighted by atomic mass is 16.5. The maximum Gasteiger partial charge on any atom is 0.229 e. The monoisotopic (exact) mass is 392 g/mol. The van der Waals surface area contributed by atoms with Gasteiger partial charge < -0.3 is 20.1 Å². The molecule has 0 aliphatic carbocycles. The van der Waals surface area contributed by atoms with E-state index in [9.17, 15) is 0 Å². The van der Waals surface area contributed by atoms with Gasteiger partial charge in [-0.05, 0) is 63.1 Å². The fourth-order valence-electron chi connectivity index (χ4n) is 3.22. The molecule has 0 amide bonds. The second kappa shape index (κ2) is 9.28. The van der Waals surface area contributed by atoms with Gasteiger partial charge in [-0.2, -0.15) is 4.98 Å². The first-order valence-electron chi connectivity index (χ1n) is 9.66. The van der Waals surface area contributed by atoms with Crippen LogP contribution in [0, 0.1) is 27.7 Å². The summed E-state index contributed by atoms with van der Waals surface area (Å²) < 4.78 is 10.9. The van der Waals surface area contributed by atoms with Gasteiger partial charge in [0.1, 0.15) is 23.9 Å². The number of ether oxygens (including phenoxy) is 2. The first kappa shape index (κ1) is 20.5. The minimum atomic E-state index is 0.522. The molecule has 1 aromatic heterocycles. The van der Waals surface area contributed by atoms with Crippen molar-refractivity contribution in [1.82, 2.24) is 9.97 Å². The van der Waals surface area contributed by atoms with Crippen molar-refractivity contribution < 1.29 is 9.47 Å². The van der Waals surface area contributed by atoms with Crippen LogP contribution in [0.1, 0.15) is 22.4 Å². The molecule has 0 spiro atoms. The van der Waals surface area contributed by atoms with Crippen LogP contribution >= 0.6 is 0 Å². The van der Waals surface area contributed by atoms with E-state index in [0.29, 0.717) is 19.1 Å². The third-order valence-electron chi connectivity index (χ3n) is 4.50. The normalized spacial score (nSPS) is 10.5. The molecule has 152 valence electrons. The molecule has 0 saturated heterocycles. The highest BCUT2D eigenvalue weighted by Crippen LogP contribution is 2.25. The molecule has 6 nitrogen and oxygen atoms in total. The second-order valence-corrected chi connectivity index (χ2v) is 7.07. The van der Waals surface area contributed by atoms with Crippen molar-refractivity contribution in [3.63, 3.8) is 0 Å². The summed E-state index contributed by atoms with van der Waals surface area (Å²) in [6, 6.07) is 13.8. The summed E-state index contributed by atoms with van der Waals surface area (Å²) in [6.45, 7) is 9.39. The van der Waals surface area contributed by atoms with Crippen molar-refractivity contribution in [2.24, 2.45) is 0 Å². The Balaban J connectivity index is 1.60. The van der Waals surface area contributed by atoms with Gasteiger partial charge in [0, 0.05) is 17.4 Å². The molecule has 0 bridgehead atoms. The van der Waals surface area contributed by atoms with Gasteiger partial charge in [0.2, 0.25) is 5.95 Å². The molecule has 2 N–H and O–H groups in total. The molecular weight excluding hydrogens is 364 g/mol. The summed E-state index contributed by atoms with van der Waals surface area (Å²) in [5, 5.41) is 6.67. The van der Waals surface area contributed by atoms with Gasteiger partial charge in [-0.25, -0.2) is 4.98 Å². The molecule has 0 aliphatic heterocycles. The third-order valence-corrected chi connectivity index (χ3v) is 4.50. The minimum Gasteiger partial charge on any atom is -0.497 e. The summed E-state index contributed by atoms with van der Waals surface area (Å²) >= 11 is 0. The van der Waals surface area contributed by atoms with E-state index in [4.69, 9.17) is 9.47 Å². The van der Waals surface area contributed by atoms with Crippen molar-refractivity contribution in [2.45, 2.75) is 27.7 Å². The number of benzene rings is 2. The van der Waals surface area contributed by atoms with E-state index in [1.807, 2.05) is 37.3 Å². The van der Waals surface area contributed by atoms with Gasteiger partial charge >= 0.3 is 0 Å². The van der Waals surface area contributed by atoms with Gasteiger partial charge in [0.15, 0.2) is 0 Å². The highest BCUT2D eigenvalue weighted by Gasteiger charge is 2.08. The summed E-state index contributed by atoms with van der Waals surface area (Å²) in [5.41, 5.74) is 5.54. The molecule has 3 aromatic rings. The van der Waals surface area contributed by atoms with E-state index >= 15 is 0 Å². The Kier molecular flexibility index (Phi) is 6.54. The van der Waals surface area contributed by atoms with E-state index < -0.39 is 0 Å². The van der Waals surface area contributed by atoms with E-state index in [0.717, 1.165) is 28.7 Å². The van der Waals surface area contributed by atoms with Crippen molar-refractivity contribution in [1.29, 1.82) is 0 Å². The maximum atomic E-state index is 5.75. The Morgan fingerprint density at radius 2 is 1.52 bits per heavy atom. The van der Waals surface area contributed by atoms with Crippen LogP contribution < -0.4 is 20.1 Å². The zero-order chi connectivity index (χ0) is 20.8. The molecule has 0 unspecified atom stereocenters. The molecule has 6 heteroatoms. The van der Waals surface area contributed by atoms with Crippen LogP contribution in [0.25, 0.3) is 0 Å². The lowest BCUT2D eigenvalue weighted by molar-refractivity contribution is 0.331. The SMILES string of the molecule is COc1ccc(OCCNc2cc(C)nc(Nc3c(C)cc(C)cc3C)n2)cc1. The molecule has 0 atom stereocenters. The summed E-state index contributed by atoms with van der Waals surface area (Å²) in [5.74, 6) is 2.96. The molecule has 3 rings (SSSR count). The average Bonchev–Trinajstić information content (AvgIpc) is 2.68. The van der Waals surface area contributed by atoms with Crippen LogP contribution in [-0.2, 0) is 0 Å². The van der Waals surface area contributed by atoms with Gasteiger partial charge in [0.05, 0.1) is 13.7 Å². The summed E-state index contributed by atoms with van der Waals surface area (Å²) in [6.07, 6.45) is 0. The summed E-state index contributed by atoms with van der Waals surface area (Å²) in [7, 11) is 1.65. The Bertz CT molecular complexity index is 948. The van der Waals surface area contributed by atoms with E-state index in [2.05, 4.69) is 53.5 Å². The van der Waals surface area contributed by atoms with Crippen LogP contribution in [0.15, 0.2) is 42.5 Å². The number of rotatable bonds is 8. The predicted molar refractivity (Wildman–Crippen MR) is 118 cm³/mol. The lowest BCUT2D eigenvalue weighted by Crippen LogP contribution is -2.13. The average molecular weight is 393 g/mol. The number of aryl methyl sites for hydroxylation is 4. The van der Waals surface area contributed by atoms with Crippen molar-refractivity contribution in [3.8, 4) is 11.5 Å². The van der Waals surface area contributed by atoms with E-state index in [1.165, 1.54) is 16.7 Å². The van der Waals surface area contributed by atoms with Gasteiger partial charge in [-0.3, -0.25) is 0 Å². The summed E-state index contributed by atoms with van der Waals surface area (Å²) in [4.78, 5) is 9.12. The van der Waals surface area contributed by atoms with E-state index in [1.54, 1.807) is 7.11 Å². The lowest BCUT2D eigenvalue weighted by atomic mass is 10.1. The largest absolute Gasteiger partial charge is 0.497 e. The third kappa shape index (κ3) is 5.60. The van der Waals surface area contributed by atoms with Crippen LogP contribution in [0.2, 0.25) is 0 Å². The van der Waals surface area contributed by atoms with Gasteiger partial charge in [-0.15, -0.1) is 0 Å². The second-order valence-electron chi connectivity index (χ2n) is 7.07. The number of aromatic nitrogens is 2. The van der Waals surface area contributed by atoms with Crippen LogP contribution in [-0.4, -0.2) is 30.2 Å². The number of methoxy groups -OCH3 is 1. The first-order chi connectivity index (χ1) is 13.9. The molecule has 2 aromatic carbocycles. The van der Waals surface area contributed by atoms with Crippen molar-refractivity contribution in [2.75, 3.05) is 30.9 Å². The quantitative estimate of drug-likeness (QED) is 0.529. The maximum absolute atomic E-state index is 5.75. The van der Waals surface area contributed by atoms with Crippen molar-refractivity contribution in [3.05, 3.63) is 64.8 Å². The first-order valence-corrected chi connectivity index (χ1v) is 9.66. The molecule has 0 fully saturated rings. The Morgan fingerprint density at radius 3 is 2.17 bits per heavy atom. The Morgan fingerprint density at radius 1 is 0.862 bits per heavy atom. The standard InChI is InChI=1S/C23H28N4O2/c1-15-12-16(2)22(17(3)13-15)27-23-25-18(4)14-21(26-23)24-10-11-29-20-8-6-19(28-5)7-9-20/h6-9,12-14H,10-11H2,1-5H3,(H2,24,25,26,27). The van der Waals surface area contributed by atoms with Gasteiger partial charge in [0.25, 0.3) is 0 Å². The van der Waals surface area contributed by atoms with Crippen molar-refractivity contribution >= 4 is 17.5 Å². The van der Waals surface area contributed by atoms with Crippen LogP contribution in [0.5, 0.6) is 11.5 Å². The zero-order valence-corrected chi connectivity index (χ0v) is 17.7. The Labute approximate surface area is 172 Å². The van der Waals surface area contributed by atoms with Crippen LogP contribution in [0.3, 0.4) is 0 Å². The predicted octanol–water partition coefficient (Wildman–Crippen LogP) is 4.95. The Hall–Kier alpha value is -3.28. The number of anilines is 3. The smallest absolute Gasteiger partial charge is 0.229 e. The number of nitrogens with one attached hydrogen (secondary N) is 2. The molecule has 29 heavy (non-hydrogen) atoms.